The number of fused-ring (bicyclic) bond motifs is 5. The molecule has 0 aromatic heterocycles. The molecule has 0 heterocycles. The van der Waals surface area contributed by atoms with Gasteiger partial charge in [-0.2, -0.15) is 0 Å². The summed E-state index contributed by atoms with van der Waals surface area (Å²) in [6, 6.07) is 12.3. The molecule has 0 saturated heterocycles. The van der Waals surface area contributed by atoms with Gasteiger partial charge >= 0.3 is 6.09 Å². The summed E-state index contributed by atoms with van der Waals surface area (Å²) in [5, 5.41) is 13.5. The fraction of sp³-hybridized carbons (Fsp3) is 0.533. The van der Waals surface area contributed by atoms with Crippen LogP contribution in [0.2, 0.25) is 0 Å². The third-order valence-electron chi connectivity index (χ3n) is 9.28. The summed E-state index contributed by atoms with van der Waals surface area (Å²) in [6.07, 6.45) is 6.79. The van der Waals surface area contributed by atoms with Crippen LogP contribution in [0.4, 0.5) is 16.2 Å². The number of carbonyl (C=O) groups is 2. The Hall–Kier alpha value is -3.42. The number of rotatable bonds is 8. The van der Waals surface area contributed by atoms with Crippen molar-refractivity contribution in [1.82, 2.24) is 0 Å². The summed E-state index contributed by atoms with van der Waals surface area (Å²) in [5.74, 6) is 3.16. The number of anilines is 1. The van der Waals surface area contributed by atoms with E-state index in [1.165, 1.54) is 29.3 Å². The molecule has 5 rings (SSSR count). The van der Waals surface area contributed by atoms with Crippen LogP contribution in [0.1, 0.15) is 68.9 Å². The zero-order valence-electron chi connectivity index (χ0n) is 22.1. The predicted octanol–water partition coefficient (Wildman–Crippen LogP) is 6.67. The van der Waals surface area contributed by atoms with E-state index in [9.17, 15) is 19.7 Å². The maximum absolute atomic E-state index is 13.2. The minimum atomic E-state index is -0.623. The lowest BCUT2D eigenvalue weighted by atomic mass is 9.54. The second kappa shape index (κ2) is 10.8. The normalized spacial score (nSPS) is 27.6. The van der Waals surface area contributed by atoms with E-state index < -0.39 is 11.0 Å². The van der Waals surface area contributed by atoms with Crippen molar-refractivity contribution >= 4 is 23.3 Å². The van der Waals surface area contributed by atoms with Gasteiger partial charge in [0, 0.05) is 24.0 Å². The van der Waals surface area contributed by atoms with Crippen LogP contribution in [0.3, 0.4) is 0 Å². The van der Waals surface area contributed by atoms with Crippen molar-refractivity contribution in [3.8, 4) is 5.75 Å². The lowest BCUT2D eigenvalue weighted by Gasteiger charge is -2.50. The number of nitro groups is 1. The lowest BCUT2D eigenvalue weighted by molar-refractivity contribution is -0.384. The number of methoxy groups -OCH3 is 1. The molecule has 2 aromatic carbocycles. The van der Waals surface area contributed by atoms with Crippen molar-refractivity contribution < 1.29 is 24.0 Å². The maximum Gasteiger partial charge on any atom is 0.411 e. The molecule has 3 aliphatic rings. The number of Topliss-reactive ketones (excluding diaryl/α,β-unsaturated/α-hetero) is 1. The van der Waals surface area contributed by atoms with E-state index in [1.54, 1.807) is 13.2 Å². The minimum Gasteiger partial charge on any atom is -0.497 e. The Morgan fingerprint density at radius 1 is 1.18 bits per heavy atom. The molecule has 38 heavy (non-hydrogen) atoms. The average Bonchev–Trinajstić information content (AvgIpc) is 3.17. The smallest absolute Gasteiger partial charge is 0.411 e. The van der Waals surface area contributed by atoms with Crippen molar-refractivity contribution in [3.63, 3.8) is 0 Å². The first-order valence-corrected chi connectivity index (χ1v) is 13.7. The van der Waals surface area contributed by atoms with Gasteiger partial charge in [-0.3, -0.25) is 20.2 Å². The SMILES string of the molecule is COc1ccc2c(c1)CC[C@H]1[C@@H]3[C@H](CCCCOC(=O)Nc4cccc([N+](=O)[O-])c4)CC(=O)[C@@]3(C)CC[C@H]21. The molecule has 1 N–H and O–H groups in total. The van der Waals surface area contributed by atoms with Gasteiger partial charge in [-0.1, -0.05) is 19.1 Å². The van der Waals surface area contributed by atoms with E-state index in [2.05, 4.69) is 30.4 Å². The van der Waals surface area contributed by atoms with Crippen LogP contribution in [0.15, 0.2) is 42.5 Å². The molecule has 0 unspecified atom stereocenters. The molecule has 8 heteroatoms. The van der Waals surface area contributed by atoms with Gasteiger partial charge in [0.2, 0.25) is 0 Å². The van der Waals surface area contributed by atoms with Crippen molar-refractivity contribution in [3.05, 3.63) is 63.7 Å². The third-order valence-corrected chi connectivity index (χ3v) is 9.28. The Balaban J connectivity index is 1.15. The van der Waals surface area contributed by atoms with Crippen LogP contribution in [0.5, 0.6) is 5.75 Å². The summed E-state index contributed by atoms with van der Waals surface area (Å²) in [6.45, 7) is 2.48. The molecule has 0 radical (unpaired) electrons. The van der Waals surface area contributed by atoms with E-state index in [0.717, 1.165) is 44.3 Å². The zero-order valence-corrected chi connectivity index (χ0v) is 22.1. The highest BCUT2D eigenvalue weighted by Crippen LogP contribution is 2.62. The Bertz CT molecular complexity index is 1230. The fourth-order valence-corrected chi connectivity index (χ4v) is 7.53. The number of nitrogens with one attached hydrogen (secondary N) is 1. The molecule has 2 fully saturated rings. The summed E-state index contributed by atoms with van der Waals surface area (Å²) >= 11 is 0. The topological polar surface area (TPSA) is 108 Å². The summed E-state index contributed by atoms with van der Waals surface area (Å²) in [7, 11) is 1.71. The standard InChI is InChI=1S/C30H36N2O6/c1-30-14-13-25-24-12-10-23(37-2)16-19(24)9-11-26(25)28(30)20(17-27(30)33)6-3-4-15-38-29(34)31-21-7-5-8-22(18-21)32(35)36/h5,7-8,10,12,16,18,20,25-26,28H,3-4,6,9,11,13-15,17H2,1-2H3,(H,31,34)/t20-,25-,26-,28+,30-/m1/s1. The number of carbonyl (C=O) groups excluding carboxylic acids is 2. The van der Waals surface area contributed by atoms with Gasteiger partial charge in [-0.25, -0.2) is 4.79 Å². The van der Waals surface area contributed by atoms with Crippen LogP contribution in [0.25, 0.3) is 0 Å². The first-order valence-electron chi connectivity index (χ1n) is 13.7. The fourth-order valence-electron chi connectivity index (χ4n) is 7.53. The number of ether oxygens (including phenoxy) is 2. The van der Waals surface area contributed by atoms with Crippen molar-refractivity contribution in [2.24, 2.45) is 23.2 Å². The van der Waals surface area contributed by atoms with Crippen molar-refractivity contribution in [2.45, 2.75) is 64.2 Å². The van der Waals surface area contributed by atoms with E-state index in [0.29, 0.717) is 48.0 Å². The number of amides is 1. The van der Waals surface area contributed by atoms with Gasteiger partial charge < -0.3 is 9.47 Å². The molecule has 2 aromatic rings. The summed E-state index contributed by atoms with van der Waals surface area (Å²) in [4.78, 5) is 35.8. The molecule has 2 saturated carbocycles. The average molecular weight is 521 g/mol. The van der Waals surface area contributed by atoms with E-state index >= 15 is 0 Å². The van der Waals surface area contributed by atoms with Crippen LogP contribution in [0, 0.1) is 33.3 Å². The Morgan fingerprint density at radius 3 is 2.82 bits per heavy atom. The monoisotopic (exact) mass is 520 g/mol. The molecular formula is C30H36N2O6. The summed E-state index contributed by atoms with van der Waals surface area (Å²) < 4.78 is 10.8. The number of nitrogens with zero attached hydrogens (tertiary/aromatic N) is 1. The highest BCUT2D eigenvalue weighted by molar-refractivity contribution is 5.87. The van der Waals surface area contributed by atoms with Crippen molar-refractivity contribution in [2.75, 3.05) is 19.0 Å². The number of benzene rings is 2. The molecule has 0 bridgehead atoms. The molecule has 3 aliphatic carbocycles. The molecule has 0 aliphatic heterocycles. The lowest BCUT2D eigenvalue weighted by Crippen LogP contribution is -2.44. The van der Waals surface area contributed by atoms with Gasteiger partial charge in [0.15, 0.2) is 0 Å². The third kappa shape index (κ3) is 5.00. The number of non-ortho nitro benzene ring substituents is 1. The Labute approximate surface area is 223 Å². The summed E-state index contributed by atoms with van der Waals surface area (Å²) in [5.41, 5.74) is 2.87. The van der Waals surface area contributed by atoms with Gasteiger partial charge in [0.25, 0.3) is 5.69 Å². The molecule has 5 atom stereocenters. The molecule has 1 amide bonds. The highest BCUT2D eigenvalue weighted by atomic mass is 16.6. The zero-order chi connectivity index (χ0) is 26.9. The quantitative estimate of drug-likeness (QED) is 0.236. The van der Waals surface area contributed by atoms with Gasteiger partial charge in [0.05, 0.1) is 24.3 Å². The van der Waals surface area contributed by atoms with Crippen LogP contribution in [-0.2, 0) is 16.0 Å². The van der Waals surface area contributed by atoms with Crippen LogP contribution < -0.4 is 10.1 Å². The minimum absolute atomic E-state index is 0.0907. The number of ketones is 1. The Morgan fingerprint density at radius 2 is 2.03 bits per heavy atom. The number of hydrogen-bond donors (Lipinski definition) is 1. The number of hydrogen-bond acceptors (Lipinski definition) is 6. The second-order valence-electron chi connectivity index (χ2n) is 11.3. The van der Waals surface area contributed by atoms with E-state index in [4.69, 9.17) is 9.47 Å². The van der Waals surface area contributed by atoms with Gasteiger partial charge in [-0.15, -0.1) is 0 Å². The van der Waals surface area contributed by atoms with Gasteiger partial charge in [0.1, 0.15) is 11.5 Å². The first kappa shape index (κ1) is 26.2. The predicted molar refractivity (Wildman–Crippen MR) is 143 cm³/mol. The molecular weight excluding hydrogens is 484 g/mol. The van der Waals surface area contributed by atoms with E-state index in [-0.39, 0.29) is 17.7 Å². The van der Waals surface area contributed by atoms with Crippen molar-refractivity contribution in [1.29, 1.82) is 0 Å². The molecule has 8 nitrogen and oxygen atoms in total. The largest absolute Gasteiger partial charge is 0.497 e. The van der Waals surface area contributed by atoms with Crippen LogP contribution >= 0.6 is 0 Å². The van der Waals surface area contributed by atoms with Gasteiger partial charge in [-0.05, 0) is 97.9 Å². The number of aryl methyl sites for hydroxylation is 1. The molecule has 202 valence electrons. The number of nitro benzene ring substituents is 1. The molecule has 0 spiro atoms. The first-order chi connectivity index (χ1) is 18.3. The van der Waals surface area contributed by atoms with E-state index in [1.807, 2.05) is 0 Å². The number of unbranched alkanes of at least 4 members (excludes halogenated alkanes) is 1. The Kier molecular flexibility index (Phi) is 7.41. The van der Waals surface area contributed by atoms with Crippen LogP contribution in [-0.4, -0.2) is 30.5 Å². The maximum atomic E-state index is 13.2. The second-order valence-corrected chi connectivity index (χ2v) is 11.3. The highest BCUT2D eigenvalue weighted by Gasteiger charge is 2.58.